The molecule has 16 heavy (non-hydrogen) atoms. The molecule has 0 saturated heterocycles. The van der Waals surface area contributed by atoms with Crippen molar-refractivity contribution in [1.82, 2.24) is 15.6 Å². The van der Waals surface area contributed by atoms with Crippen LogP contribution < -0.4 is 11.3 Å². The summed E-state index contributed by atoms with van der Waals surface area (Å²) in [6.07, 6.45) is 4.23. The van der Waals surface area contributed by atoms with Gasteiger partial charge in [-0.15, -0.1) is 11.3 Å². The first-order valence-electron chi connectivity index (χ1n) is 4.76. The van der Waals surface area contributed by atoms with Crippen molar-refractivity contribution in [2.24, 2.45) is 5.84 Å². The quantitative estimate of drug-likeness (QED) is 0.670. The molecular formula is C10H11BrN4S. The Morgan fingerprint density at radius 2 is 2.31 bits per heavy atom. The van der Waals surface area contributed by atoms with Crippen molar-refractivity contribution in [2.45, 2.75) is 12.5 Å². The van der Waals surface area contributed by atoms with Crippen LogP contribution in [0.3, 0.4) is 0 Å². The Kier molecular flexibility index (Phi) is 4.00. The van der Waals surface area contributed by atoms with Gasteiger partial charge < -0.3 is 0 Å². The molecule has 0 amide bonds. The molecule has 3 N–H and O–H groups in total. The van der Waals surface area contributed by atoms with Gasteiger partial charge in [0.05, 0.1) is 12.2 Å². The number of halogens is 1. The number of aromatic nitrogens is 2. The van der Waals surface area contributed by atoms with Crippen LogP contribution in [-0.4, -0.2) is 10.2 Å². The van der Waals surface area contributed by atoms with Gasteiger partial charge in [-0.05, 0) is 39.0 Å². The molecule has 4 nitrogen and oxygen atoms in total. The average molecular weight is 299 g/mol. The molecule has 84 valence electrons. The Hall–Kier alpha value is -0.820. The third-order valence-corrected chi connectivity index (χ3v) is 4.24. The predicted molar refractivity (Wildman–Crippen MR) is 67.8 cm³/mol. The van der Waals surface area contributed by atoms with Crippen LogP contribution >= 0.6 is 27.3 Å². The van der Waals surface area contributed by atoms with Crippen LogP contribution in [0, 0.1) is 0 Å². The number of nitrogens with two attached hydrogens (primary N) is 1. The third-order valence-electron chi connectivity index (χ3n) is 2.29. The van der Waals surface area contributed by atoms with Crippen LogP contribution in [0.5, 0.6) is 0 Å². The minimum atomic E-state index is 0.0606. The molecule has 1 atom stereocenters. The summed E-state index contributed by atoms with van der Waals surface area (Å²) in [5, 5.41) is 9.66. The minimum Gasteiger partial charge on any atom is -0.271 e. The number of thiophene rings is 1. The topological polar surface area (TPSA) is 63.8 Å². The van der Waals surface area contributed by atoms with E-state index in [0.29, 0.717) is 0 Å². The minimum absolute atomic E-state index is 0.0606. The van der Waals surface area contributed by atoms with Crippen molar-refractivity contribution >= 4 is 27.3 Å². The standard InChI is InChI=1S/C10H11BrN4S/c11-8-2-4-16-10(8)5-9(15-12)7-1-3-13-14-6-7/h1-4,6,9,15H,5,12H2. The number of hydrazine groups is 1. The molecule has 0 bridgehead atoms. The summed E-state index contributed by atoms with van der Waals surface area (Å²) in [5.74, 6) is 5.56. The Bertz CT molecular complexity index is 445. The Balaban J connectivity index is 2.16. The van der Waals surface area contributed by atoms with E-state index in [4.69, 9.17) is 5.84 Å². The fourth-order valence-electron chi connectivity index (χ4n) is 1.44. The monoisotopic (exact) mass is 298 g/mol. The van der Waals surface area contributed by atoms with Gasteiger partial charge in [0, 0.05) is 22.0 Å². The van der Waals surface area contributed by atoms with Crippen molar-refractivity contribution in [1.29, 1.82) is 0 Å². The molecule has 1 unspecified atom stereocenters. The highest BCUT2D eigenvalue weighted by Crippen LogP contribution is 2.27. The van der Waals surface area contributed by atoms with Crippen LogP contribution in [-0.2, 0) is 6.42 Å². The number of nitrogens with zero attached hydrogens (tertiary/aromatic N) is 2. The predicted octanol–water partition coefficient (Wildman–Crippen LogP) is 2.05. The maximum absolute atomic E-state index is 5.56. The van der Waals surface area contributed by atoms with E-state index in [9.17, 15) is 0 Å². The fourth-order valence-corrected chi connectivity index (χ4v) is 3.00. The van der Waals surface area contributed by atoms with Crippen molar-refractivity contribution < 1.29 is 0 Å². The fraction of sp³-hybridized carbons (Fsp3) is 0.200. The van der Waals surface area contributed by atoms with Crippen molar-refractivity contribution in [3.8, 4) is 0 Å². The van der Waals surface area contributed by atoms with Crippen molar-refractivity contribution in [3.63, 3.8) is 0 Å². The van der Waals surface area contributed by atoms with Crippen LogP contribution in [0.4, 0.5) is 0 Å². The van der Waals surface area contributed by atoms with Gasteiger partial charge in [0.15, 0.2) is 0 Å². The molecule has 0 radical (unpaired) electrons. The van der Waals surface area contributed by atoms with E-state index in [2.05, 4.69) is 36.9 Å². The molecule has 2 rings (SSSR count). The van der Waals surface area contributed by atoms with Gasteiger partial charge in [-0.1, -0.05) is 0 Å². The van der Waals surface area contributed by atoms with E-state index in [0.717, 1.165) is 16.5 Å². The lowest BCUT2D eigenvalue weighted by Crippen LogP contribution is -2.29. The van der Waals surface area contributed by atoms with Crippen LogP contribution in [0.1, 0.15) is 16.5 Å². The smallest absolute Gasteiger partial charge is 0.0544 e. The van der Waals surface area contributed by atoms with Gasteiger partial charge in [-0.3, -0.25) is 11.3 Å². The molecule has 0 saturated carbocycles. The molecule has 6 heteroatoms. The van der Waals surface area contributed by atoms with Gasteiger partial charge in [-0.25, -0.2) is 0 Å². The molecule has 0 aliphatic carbocycles. The lowest BCUT2D eigenvalue weighted by atomic mass is 10.1. The normalized spacial score (nSPS) is 12.6. The average Bonchev–Trinajstić information content (AvgIpc) is 2.73. The van der Waals surface area contributed by atoms with E-state index in [1.54, 1.807) is 23.7 Å². The maximum atomic E-state index is 5.56. The Morgan fingerprint density at radius 3 is 2.88 bits per heavy atom. The highest BCUT2D eigenvalue weighted by Gasteiger charge is 2.13. The second-order valence-corrected chi connectivity index (χ2v) is 5.15. The first kappa shape index (κ1) is 11.7. The number of nitrogens with one attached hydrogen (secondary N) is 1. The van der Waals surface area contributed by atoms with Crippen LogP contribution in [0.2, 0.25) is 0 Å². The molecule has 2 heterocycles. The molecular weight excluding hydrogens is 288 g/mol. The molecule has 0 spiro atoms. The molecule has 2 aromatic rings. The van der Waals surface area contributed by atoms with Gasteiger partial charge in [-0.2, -0.15) is 10.2 Å². The van der Waals surface area contributed by atoms with Crippen molar-refractivity contribution in [2.75, 3.05) is 0 Å². The zero-order valence-electron chi connectivity index (χ0n) is 8.43. The van der Waals surface area contributed by atoms with Crippen LogP contribution in [0.25, 0.3) is 0 Å². The summed E-state index contributed by atoms with van der Waals surface area (Å²) in [7, 11) is 0. The van der Waals surface area contributed by atoms with Crippen LogP contribution in [0.15, 0.2) is 34.4 Å². The largest absolute Gasteiger partial charge is 0.271 e. The van der Waals surface area contributed by atoms with E-state index < -0.39 is 0 Å². The van der Waals surface area contributed by atoms with E-state index in [-0.39, 0.29) is 6.04 Å². The molecule has 2 aromatic heterocycles. The van der Waals surface area contributed by atoms with E-state index in [1.165, 1.54) is 4.88 Å². The molecule has 0 aromatic carbocycles. The molecule has 0 aliphatic heterocycles. The molecule has 0 fully saturated rings. The summed E-state index contributed by atoms with van der Waals surface area (Å²) < 4.78 is 1.12. The zero-order valence-corrected chi connectivity index (χ0v) is 10.8. The first-order valence-corrected chi connectivity index (χ1v) is 6.43. The summed E-state index contributed by atoms with van der Waals surface area (Å²) in [6, 6.07) is 4.02. The Morgan fingerprint density at radius 1 is 1.44 bits per heavy atom. The summed E-state index contributed by atoms with van der Waals surface area (Å²) in [5.41, 5.74) is 3.84. The Labute approximate surface area is 106 Å². The lowest BCUT2D eigenvalue weighted by molar-refractivity contribution is 0.551. The van der Waals surface area contributed by atoms with Gasteiger partial charge in [0.2, 0.25) is 0 Å². The zero-order chi connectivity index (χ0) is 11.4. The number of hydrogen-bond donors (Lipinski definition) is 2. The second-order valence-electron chi connectivity index (χ2n) is 3.29. The second kappa shape index (κ2) is 5.49. The number of rotatable bonds is 4. The van der Waals surface area contributed by atoms with Crippen molar-refractivity contribution in [3.05, 3.63) is 44.8 Å². The third kappa shape index (κ3) is 2.65. The highest BCUT2D eigenvalue weighted by molar-refractivity contribution is 9.10. The SMILES string of the molecule is NNC(Cc1sccc1Br)c1ccnnc1. The van der Waals surface area contributed by atoms with E-state index >= 15 is 0 Å². The first-order chi connectivity index (χ1) is 7.81. The highest BCUT2D eigenvalue weighted by atomic mass is 79.9. The summed E-state index contributed by atoms with van der Waals surface area (Å²) >= 11 is 5.22. The summed E-state index contributed by atoms with van der Waals surface area (Å²) in [6.45, 7) is 0. The van der Waals surface area contributed by atoms with Gasteiger partial charge in [0.25, 0.3) is 0 Å². The van der Waals surface area contributed by atoms with E-state index in [1.807, 2.05) is 12.1 Å². The lowest BCUT2D eigenvalue weighted by Gasteiger charge is -2.14. The maximum Gasteiger partial charge on any atom is 0.0544 e. The summed E-state index contributed by atoms with van der Waals surface area (Å²) in [4.78, 5) is 1.26. The molecule has 0 aliphatic rings. The van der Waals surface area contributed by atoms with Gasteiger partial charge >= 0.3 is 0 Å². The van der Waals surface area contributed by atoms with Gasteiger partial charge in [0.1, 0.15) is 0 Å². The number of hydrogen-bond acceptors (Lipinski definition) is 5.